The molecule has 0 atom stereocenters. The Bertz CT molecular complexity index is 302. The molecule has 1 aromatic rings. The maximum absolute atomic E-state index is 3.92. The zero-order valence-electron chi connectivity index (χ0n) is 10.3. The van der Waals surface area contributed by atoms with Crippen LogP contribution in [0.3, 0.4) is 0 Å². The van der Waals surface area contributed by atoms with Crippen LogP contribution in [0.15, 0.2) is 18.5 Å². The lowest BCUT2D eigenvalue weighted by Crippen LogP contribution is -2.34. The summed E-state index contributed by atoms with van der Waals surface area (Å²) < 4.78 is 0. The summed E-state index contributed by atoms with van der Waals surface area (Å²) in [5.74, 6) is 1.76. The predicted octanol–water partition coefficient (Wildman–Crippen LogP) is 2.34. The van der Waals surface area contributed by atoms with Crippen LogP contribution >= 0.6 is 0 Å². The van der Waals surface area contributed by atoms with Crippen LogP contribution in [0.4, 0.5) is 0 Å². The average Bonchev–Trinajstić information content (AvgIpc) is 2.31. The number of hydrogen-bond acceptors (Lipinski definition) is 3. The monoisotopic (exact) mass is 219 g/mol. The molecule has 0 saturated carbocycles. The van der Waals surface area contributed by atoms with Gasteiger partial charge < -0.3 is 0 Å². The fourth-order valence-corrected chi connectivity index (χ4v) is 2.45. The minimum atomic E-state index is 0.838. The van der Waals surface area contributed by atoms with Gasteiger partial charge in [0.1, 0.15) is 0 Å². The minimum absolute atomic E-state index is 0.838. The molecule has 1 aliphatic heterocycles. The molecule has 0 aliphatic carbocycles. The van der Waals surface area contributed by atoms with Crippen molar-refractivity contribution in [3.8, 4) is 0 Å². The molecule has 2 rings (SSSR count). The van der Waals surface area contributed by atoms with Crippen LogP contribution in [0.1, 0.15) is 32.3 Å². The number of hydrogen-bond donors (Lipinski definition) is 0. The smallest absolute Gasteiger partial charge is 0.0541 e. The molecule has 1 fully saturated rings. The lowest BCUT2D eigenvalue weighted by Gasteiger charge is -2.33. The zero-order chi connectivity index (χ0) is 11.4. The Hall–Kier alpha value is -0.960. The van der Waals surface area contributed by atoms with E-state index in [4.69, 9.17) is 0 Å². The molecule has 0 unspecified atom stereocenters. The molecule has 0 spiro atoms. The van der Waals surface area contributed by atoms with E-state index in [1.165, 1.54) is 31.5 Å². The molecule has 2 heterocycles. The average molecular weight is 219 g/mol. The Kier molecular flexibility index (Phi) is 3.88. The van der Waals surface area contributed by atoms with Gasteiger partial charge in [0.15, 0.2) is 0 Å². The standard InChI is InChI=1S/C13H21N3/c1-11(2)13-4-7-16(8-5-13)10-12-3-6-14-15-9-12/h3,6,9,11,13H,4-5,7-8,10H2,1-2H3. The molecule has 0 amide bonds. The van der Waals surface area contributed by atoms with E-state index < -0.39 is 0 Å². The van der Waals surface area contributed by atoms with Gasteiger partial charge in [0.25, 0.3) is 0 Å². The third kappa shape index (κ3) is 3.01. The molecular formula is C13H21N3. The number of likely N-dealkylation sites (tertiary alicyclic amines) is 1. The Balaban J connectivity index is 1.82. The molecule has 0 N–H and O–H groups in total. The Morgan fingerprint density at radius 2 is 2.06 bits per heavy atom. The van der Waals surface area contributed by atoms with Gasteiger partial charge in [-0.15, -0.1) is 0 Å². The van der Waals surface area contributed by atoms with Gasteiger partial charge >= 0.3 is 0 Å². The highest BCUT2D eigenvalue weighted by Crippen LogP contribution is 2.24. The number of rotatable bonds is 3. The second-order valence-electron chi connectivity index (χ2n) is 5.11. The van der Waals surface area contributed by atoms with Gasteiger partial charge in [0.05, 0.1) is 6.20 Å². The van der Waals surface area contributed by atoms with Gasteiger partial charge in [-0.3, -0.25) is 4.90 Å². The minimum Gasteiger partial charge on any atom is -0.299 e. The summed E-state index contributed by atoms with van der Waals surface area (Å²) in [6.45, 7) is 8.16. The molecule has 88 valence electrons. The summed E-state index contributed by atoms with van der Waals surface area (Å²) in [6, 6.07) is 2.06. The van der Waals surface area contributed by atoms with Crippen LogP contribution in [-0.4, -0.2) is 28.2 Å². The van der Waals surface area contributed by atoms with E-state index in [0.29, 0.717) is 0 Å². The molecule has 0 bridgehead atoms. The first-order valence-electron chi connectivity index (χ1n) is 6.23. The highest BCUT2D eigenvalue weighted by molar-refractivity contribution is 5.05. The van der Waals surface area contributed by atoms with E-state index in [0.717, 1.165) is 18.4 Å². The van der Waals surface area contributed by atoms with Crippen molar-refractivity contribution in [3.05, 3.63) is 24.0 Å². The largest absolute Gasteiger partial charge is 0.299 e. The summed E-state index contributed by atoms with van der Waals surface area (Å²) in [7, 11) is 0. The summed E-state index contributed by atoms with van der Waals surface area (Å²) in [6.07, 6.45) is 6.33. The lowest BCUT2D eigenvalue weighted by atomic mass is 9.86. The van der Waals surface area contributed by atoms with Crippen LogP contribution in [0.2, 0.25) is 0 Å². The molecular weight excluding hydrogens is 198 g/mol. The van der Waals surface area contributed by atoms with E-state index in [-0.39, 0.29) is 0 Å². The third-order valence-corrected chi connectivity index (χ3v) is 3.63. The van der Waals surface area contributed by atoms with Crippen LogP contribution < -0.4 is 0 Å². The lowest BCUT2D eigenvalue weighted by molar-refractivity contribution is 0.152. The first-order chi connectivity index (χ1) is 7.75. The molecule has 0 aromatic carbocycles. The van der Waals surface area contributed by atoms with Crippen molar-refractivity contribution in [1.82, 2.24) is 15.1 Å². The van der Waals surface area contributed by atoms with Gasteiger partial charge in [-0.05, 0) is 49.4 Å². The fourth-order valence-electron chi connectivity index (χ4n) is 2.45. The highest BCUT2D eigenvalue weighted by Gasteiger charge is 2.21. The predicted molar refractivity (Wildman–Crippen MR) is 64.9 cm³/mol. The van der Waals surface area contributed by atoms with Crippen molar-refractivity contribution in [3.63, 3.8) is 0 Å². The quantitative estimate of drug-likeness (QED) is 0.781. The van der Waals surface area contributed by atoms with Crippen molar-refractivity contribution in [2.45, 2.75) is 33.2 Å². The maximum Gasteiger partial charge on any atom is 0.0541 e. The topological polar surface area (TPSA) is 29.0 Å². The van der Waals surface area contributed by atoms with Gasteiger partial charge in [-0.1, -0.05) is 13.8 Å². The van der Waals surface area contributed by atoms with Crippen LogP contribution in [0, 0.1) is 11.8 Å². The summed E-state index contributed by atoms with van der Waals surface area (Å²) in [4.78, 5) is 2.52. The van der Waals surface area contributed by atoms with Crippen molar-refractivity contribution in [1.29, 1.82) is 0 Å². The number of nitrogens with zero attached hydrogens (tertiary/aromatic N) is 3. The van der Waals surface area contributed by atoms with Crippen molar-refractivity contribution < 1.29 is 0 Å². The van der Waals surface area contributed by atoms with Crippen molar-refractivity contribution in [2.24, 2.45) is 11.8 Å². The van der Waals surface area contributed by atoms with Gasteiger partial charge in [-0.25, -0.2) is 0 Å². The zero-order valence-corrected chi connectivity index (χ0v) is 10.3. The molecule has 1 aromatic heterocycles. The van der Waals surface area contributed by atoms with Crippen molar-refractivity contribution >= 4 is 0 Å². The Morgan fingerprint density at radius 3 is 2.62 bits per heavy atom. The van der Waals surface area contributed by atoms with Crippen LogP contribution in [0.5, 0.6) is 0 Å². The molecule has 1 aliphatic rings. The first-order valence-corrected chi connectivity index (χ1v) is 6.23. The fraction of sp³-hybridized carbons (Fsp3) is 0.692. The molecule has 1 saturated heterocycles. The van der Waals surface area contributed by atoms with Gasteiger partial charge in [-0.2, -0.15) is 10.2 Å². The van der Waals surface area contributed by atoms with E-state index in [1.807, 2.05) is 6.20 Å². The van der Waals surface area contributed by atoms with E-state index in [9.17, 15) is 0 Å². The van der Waals surface area contributed by atoms with E-state index in [2.05, 4.69) is 35.0 Å². The maximum atomic E-state index is 3.92. The van der Waals surface area contributed by atoms with Crippen LogP contribution in [-0.2, 0) is 6.54 Å². The first kappa shape index (κ1) is 11.5. The van der Waals surface area contributed by atoms with E-state index in [1.54, 1.807) is 6.20 Å². The summed E-state index contributed by atoms with van der Waals surface area (Å²) >= 11 is 0. The Labute approximate surface area is 97.9 Å². The molecule has 16 heavy (non-hydrogen) atoms. The molecule has 3 heteroatoms. The number of aromatic nitrogens is 2. The second-order valence-corrected chi connectivity index (χ2v) is 5.11. The third-order valence-electron chi connectivity index (χ3n) is 3.63. The Morgan fingerprint density at radius 1 is 1.31 bits per heavy atom. The summed E-state index contributed by atoms with van der Waals surface area (Å²) in [5, 5.41) is 7.72. The van der Waals surface area contributed by atoms with E-state index >= 15 is 0 Å². The SMILES string of the molecule is CC(C)C1CCN(Cc2ccnnc2)CC1. The molecule has 0 radical (unpaired) electrons. The van der Waals surface area contributed by atoms with Crippen LogP contribution in [0.25, 0.3) is 0 Å². The molecule has 3 nitrogen and oxygen atoms in total. The van der Waals surface area contributed by atoms with Gasteiger partial charge in [0, 0.05) is 12.7 Å². The number of piperidine rings is 1. The second kappa shape index (κ2) is 5.39. The van der Waals surface area contributed by atoms with Gasteiger partial charge in [0.2, 0.25) is 0 Å². The highest BCUT2D eigenvalue weighted by atomic mass is 15.1. The van der Waals surface area contributed by atoms with Crippen molar-refractivity contribution in [2.75, 3.05) is 13.1 Å². The summed E-state index contributed by atoms with van der Waals surface area (Å²) in [5.41, 5.74) is 1.28. The normalized spacial score (nSPS) is 19.2.